The molecule has 0 saturated heterocycles. The fourth-order valence-electron chi connectivity index (χ4n) is 2.51. The van der Waals surface area contributed by atoms with Crippen molar-refractivity contribution in [1.29, 1.82) is 0 Å². The number of carbonyl (C=O) groups is 2. The van der Waals surface area contributed by atoms with Crippen molar-refractivity contribution in [2.75, 3.05) is 23.7 Å². The molecule has 0 unspecified atom stereocenters. The zero-order chi connectivity index (χ0) is 18.9. The van der Waals surface area contributed by atoms with Crippen molar-refractivity contribution in [2.45, 2.75) is 25.7 Å². The lowest BCUT2D eigenvalue weighted by Gasteiger charge is -2.21. The molecule has 0 atom stereocenters. The third kappa shape index (κ3) is 5.52. The van der Waals surface area contributed by atoms with E-state index in [1.165, 1.54) is 11.8 Å². The molecule has 6 heteroatoms. The minimum atomic E-state index is -0.328. The average molecular weight is 372 g/mol. The van der Waals surface area contributed by atoms with Crippen LogP contribution in [0.4, 0.5) is 5.69 Å². The summed E-state index contributed by atoms with van der Waals surface area (Å²) in [6, 6.07) is 15.2. The minimum absolute atomic E-state index is 0.242. The van der Waals surface area contributed by atoms with E-state index in [-0.39, 0.29) is 17.6 Å². The third-order valence-corrected chi connectivity index (χ3v) is 5.20. The molecule has 2 amide bonds. The van der Waals surface area contributed by atoms with E-state index in [1.54, 1.807) is 12.1 Å². The van der Waals surface area contributed by atoms with E-state index in [9.17, 15) is 9.59 Å². The first kappa shape index (κ1) is 19.8. The second-order valence-electron chi connectivity index (χ2n) is 5.78. The number of carbonyl (C=O) groups excluding carboxylic acids is 2. The number of rotatable bonds is 7. The fourth-order valence-corrected chi connectivity index (χ4v) is 3.34. The van der Waals surface area contributed by atoms with Gasteiger partial charge in [-0.2, -0.15) is 0 Å². The van der Waals surface area contributed by atoms with Crippen LogP contribution in [0.5, 0.6) is 0 Å². The predicted octanol–water partition coefficient (Wildman–Crippen LogP) is 3.39. The Hall–Kier alpha value is -2.47. The van der Waals surface area contributed by atoms with Gasteiger partial charge in [-0.1, -0.05) is 18.2 Å². The Labute approximate surface area is 159 Å². The van der Waals surface area contributed by atoms with Gasteiger partial charge < -0.3 is 4.90 Å². The van der Waals surface area contributed by atoms with Gasteiger partial charge in [-0.05, 0) is 56.7 Å². The molecule has 0 spiro atoms. The van der Waals surface area contributed by atoms with Crippen LogP contribution in [-0.2, 0) is 4.79 Å². The quantitative estimate of drug-likeness (QED) is 0.578. The van der Waals surface area contributed by atoms with Gasteiger partial charge in [0, 0.05) is 29.2 Å². The molecular weight excluding hydrogens is 346 g/mol. The smallest absolute Gasteiger partial charge is 0.269 e. The van der Waals surface area contributed by atoms with Crippen LogP contribution in [-0.4, -0.2) is 30.7 Å². The summed E-state index contributed by atoms with van der Waals surface area (Å²) in [5, 5.41) is 0. The highest BCUT2D eigenvalue weighted by Gasteiger charge is 2.09. The second kappa shape index (κ2) is 9.87. The molecule has 2 N–H and O–H groups in total. The van der Waals surface area contributed by atoms with E-state index >= 15 is 0 Å². The molecule has 0 saturated carbocycles. The highest BCUT2D eigenvalue weighted by molar-refractivity contribution is 8.00. The number of hydrogen-bond donors (Lipinski definition) is 2. The van der Waals surface area contributed by atoms with Crippen molar-refractivity contribution in [3.05, 3.63) is 59.7 Å². The third-order valence-electron chi connectivity index (χ3n) is 4.03. The number of nitrogens with one attached hydrogen (secondary N) is 2. The highest BCUT2D eigenvalue weighted by atomic mass is 32.2. The number of aryl methyl sites for hydroxylation is 1. The molecule has 5 nitrogen and oxygen atoms in total. The van der Waals surface area contributed by atoms with E-state index in [1.807, 2.05) is 43.3 Å². The minimum Gasteiger partial charge on any atom is -0.372 e. The molecule has 0 aliphatic rings. The highest BCUT2D eigenvalue weighted by Crippen LogP contribution is 2.21. The van der Waals surface area contributed by atoms with Crippen LogP contribution < -0.4 is 15.8 Å². The van der Waals surface area contributed by atoms with Gasteiger partial charge in [0.2, 0.25) is 5.91 Å². The summed E-state index contributed by atoms with van der Waals surface area (Å²) in [5.74, 6) is -0.330. The Balaban J connectivity index is 1.82. The summed E-state index contributed by atoms with van der Waals surface area (Å²) in [7, 11) is 0. The molecule has 0 heterocycles. The molecule has 0 fully saturated rings. The van der Waals surface area contributed by atoms with Crippen molar-refractivity contribution in [1.82, 2.24) is 10.9 Å². The topological polar surface area (TPSA) is 61.4 Å². The zero-order valence-corrected chi connectivity index (χ0v) is 16.2. The maximum Gasteiger partial charge on any atom is 0.269 e. The van der Waals surface area contributed by atoms with Crippen molar-refractivity contribution >= 4 is 29.3 Å². The maximum absolute atomic E-state index is 12.2. The summed E-state index contributed by atoms with van der Waals surface area (Å²) < 4.78 is 0. The predicted molar refractivity (Wildman–Crippen MR) is 108 cm³/mol. The van der Waals surface area contributed by atoms with Crippen LogP contribution in [0.3, 0.4) is 0 Å². The number of nitrogens with zero attached hydrogens (tertiary/aromatic N) is 1. The lowest BCUT2D eigenvalue weighted by molar-refractivity contribution is -0.119. The molecule has 0 bridgehead atoms. The first-order valence-corrected chi connectivity index (χ1v) is 9.66. The summed E-state index contributed by atoms with van der Waals surface area (Å²) in [4.78, 5) is 27.3. The molecular formula is C20H25N3O2S. The van der Waals surface area contributed by atoms with Gasteiger partial charge >= 0.3 is 0 Å². The van der Waals surface area contributed by atoms with Gasteiger partial charge in [0.15, 0.2) is 0 Å². The van der Waals surface area contributed by atoms with E-state index in [4.69, 9.17) is 0 Å². The fraction of sp³-hybridized carbons (Fsp3) is 0.300. The van der Waals surface area contributed by atoms with Gasteiger partial charge in [0.25, 0.3) is 5.91 Å². The molecule has 2 rings (SSSR count). The van der Waals surface area contributed by atoms with Crippen molar-refractivity contribution < 1.29 is 9.59 Å². The Bertz CT molecular complexity index is 743. The molecule has 0 aliphatic heterocycles. The number of hydrogen-bond acceptors (Lipinski definition) is 4. The second-order valence-corrected chi connectivity index (χ2v) is 6.79. The average Bonchev–Trinajstić information content (AvgIpc) is 2.67. The maximum atomic E-state index is 12.2. The van der Waals surface area contributed by atoms with Gasteiger partial charge in [0.05, 0.1) is 5.75 Å². The van der Waals surface area contributed by atoms with E-state index in [2.05, 4.69) is 29.6 Å². The van der Waals surface area contributed by atoms with Crippen molar-refractivity contribution in [2.24, 2.45) is 0 Å². The summed E-state index contributed by atoms with van der Waals surface area (Å²) in [6.07, 6.45) is 0. The molecule has 2 aromatic carbocycles. The molecule has 0 radical (unpaired) electrons. The zero-order valence-electron chi connectivity index (χ0n) is 15.4. The Morgan fingerprint density at radius 2 is 1.62 bits per heavy atom. The number of thioether (sulfide) groups is 1. The van der Waals surface area contributed by atoms with Crippen LogP contribution in [0.25, 0.3) is 0 Å². The van der Waals surface area contributed by atoms with E-state index < -0.39 is 0 Å². The largest absolute Gasteiger partial charge is 0.372 e. The Kier molecular flexibility index (Phi) is 7.53. The van der Waals surface area contributed by atoms with E-state index in [0.717, 1.165) is 29.2 Å². The van der Waals surface area contributed by atoms with Crippen LogP contribution in [0, 0.1) is 6.92 Å². The lowest BCUT2D eigenvalue weighted by Crippen LogP contribution is -2.42. The monoisotopic (exact) mass is 371 g/mol. The normalized spacial score (nSPS) is 10.3. The molecule has 0 aromatic heterocycles. The molecule has 26 heavy (non-hydrogen) atoms. The lowest BCUT2D eigenvalue weighted by atomic mass is 10.2. The Morgan fingerprint density at radius 1 is 0.962 bits per heavy atom. The van der Waals surface area contributed by atoms with Crippen molar-refractivity contribution in [3.8, 4) is 0 Å². The standard InChI is InChI=1S/C20H25N3O2S/c1-4-23(5-2)17-12-10-16(11-13-17)20(25)22-21-19(24)14-26-18-9-7-6-8-15(18)3/h6-13H,4-5,14H2,1-3H3,(H,21,24)(H,22,25). The van der Waals surface area contributed by atoms with Gasteiger partial charge in [-0.25, -0.2) is 0 Å². The van der Waals surface area contributed by atoms with Gasteiger partial charge in [0.1, 0.15) is 0 Å². The summed E-state index contributed by atoms with van der Waals surface area (Å²) in [5.41, 5.74) is 7.63. The van der Waals surface area contributed by atoms with Crippen LogP contribution in [0.15, 0.2) is 53.4 Å². The molecule has 2 aromatic rings. The number of amides is 2. The van der Waals surface area contributed by atoms with Crippen LogP contribution >= 0.6 is 11.8 Å². The SMILES string of the molecule is CCN(CC)c1ccc(C(=O)NNC(=O)CSc2ccccc2C)cc1. The number of anilines is 1. The first-order valence-electron chi connectivity index (χ1n) is 8.67. The summed E-state index contributed by atoms with van der Waals surface area (Å²) >= 11 is 1.44. The van der Waals surface area contributed by atoms with Crippen LogP contribution in [0.1, 0.15) is 29.8 Å². The first-order chi connectivity index (χ1) is 12.5. The van der Waals surface area contributed by atoms with Gasteiger partial charge in [-0.3, -0.25) is 20.4 Å². The van der Waals surface area contributed by atoms with Crippen LogP contribution in [0.2, 0.25) is 0 Å². The number of benzene rings is 2. The van der Waals surface area contributed by atoms with Gasteiger partial charge in [-0.15, -0.1) is 11.8 Å². The Morgan fingerprint density at radius 3 is 2.23 bits per heavy atom. The molecule has 0 aliphatic carbocycles. The number of hydrazine groups is 1. The van der Waals surface area contributed by atoms with Crippen molar-refractivity contribution in [3.63, 3.8) is 0 Å². The summed E-state index contributed by atoms with van der Waals surface area (Å²) in [6.45, 7) is 8.01. The molecule has 138 valence electrons. The van der Waals surface area contributed by atoms with E-state index in [0.29, 0.717) is 5.56 Å².